The second-order valence-electron chi connectivity index (χ2n) is 7.08. The predicted octanol–water partition coefficient (Wildman–Crippen LogP) is 2.82. The molecule has 0 unspecified atom stereocenters. The fraction of sp³-hybridized carbons (Fsp3) is 0.632. The highest BCUT2D eigenvalue weighted by Gasteiger charge is 2.30. The summed E-state index contributed by atoms with van der Waals surface area (Å²) in [5.41, 5.74) is 0. The topological polar surface area (TPSA) is 44.8 Å². The standard InChI is InChI=1S/C19H31N3O2/c1-14-13-21(4)12-11-18(14)22(5)19(23)20-15(2)16(3)24-17-9-7-6-8-10-17/h6-10,14-16,18H,11-13H2,1-5H3,(H,20,23)/t14-,15+,16+,18+/m1/s1. The lowest BCUT2D eigenvalue weighted by Gasteiger charge is -2.40. The van der Waals surface area contributed by atoms with Crippen molar-refractivity contribution in [3.05, 3.63) is 30.3 Å². The molecule has 1 aromatic rings. The van der Waals surface area contributed by atoms with Gasteiger partial charge in [-0.15, -0.1) is 0 Å². The number of benzene rings is 1. The zero-order chi connectivity index (χ0) is 17.7. The van der Waals surface area contributed by atoms with Gasteiger partial charge in [0.2, 0.25) is 0 Å². The molecule has 2 rings (SSSR count). The van der Waals surface area contributed by atoms with Crippen LogP contribution in [0.5, 0.6) is 5.75 Å². The Morgan fingerprint density at radius 1 is 1.33 bits per heavy atom. The van der Waals surface area contributed by atoms with Gasteiger partial charge >= 0.3 is 6.03 Å². The minimum absolute atomic E-state index is 0.0209. The Labute approximate surface area is 146 Å². The van der Waals surface area contributed by atoms with E-state index in [1.165, 1.54) is 0 Å². The third-order valence-electron chi connectivity index (χ3n) is 5.00. The fourth-order valence-corrected chi connectivity index (χ4v) is 3.30. The van der Waals surface area contributed by atoms with Crippen LogP contribution in [0.1, 0.15) is 27.2 Å². The lowest BCUT2D eigenvalue weighted by molar-refractivity contribution is 0.101. The number of rotatable bonds is 5. The van der Waals surface area contributed by atoms with Crippen molar-refractivity contribution in [3.63, 3.8) is 0 Å². The number of hydrogen-bond acceptors (Lipinski definition) is 3. The van der Waals surface area contributed by atoms with Gasteiger partial charge in [-0.25, -0.2) is 4.79 Å². The summed E-state index contributed by atoms with van der Waals surface area (Å²) in [4.78, 5) is 16.8. The van der Waals surface area contributed by atoms with Crippen LogP contribution in [0.15, 0.2) is 30.3 Å². The highest BCUT2D eigenvalue weighted by molar-refractivity contribution is 5.74. The Hall–Kier alpha value is -1.75. The van der Waals surface area contributed by atoms with Crippen LogP contribution in [0.4, 0.5) is 4.79 Å². The Bertz CT molecular complexity index is 523. The van der Waals surface area contributed by atoms with Crippen molar-refractivity contribution in [3.8, 4) is 5.75 Å². The first kappa shape index (κ1) is 18.6. The van der Waals surface area contributed by atoms with Gasteiger partial charge in [0.05, 0.1) is 6.04 Å². The average Bonchev–Trinajstić information content (AvgIpc) is 2.55. The Balaban J connectivity index is 1.86. The molecule has 1 aliphatic rings. The number of para-hydroxylation sites is 1. The number of piperidine rings is 1. The van der Waals surface area contributed by atoms with Crippen molar-refractivity contribution in [1.82, 2.24) is 15.1 Å². The Kier molecular flexibility index (Phi) is 6.49. The number of likely N-dealkylation sites (tertiary alicyclic amines) is 1. The molecule has 0 aromatic heterocycles. The van der Waals surface area contributed by atoms with Crippen LogP contribution in [0.2, 0.25) is 0 Å². The van der Waals surface area contributed by atoms with Crippen LogP contribution >= 0.6 is 0 Å². The number of nitrogens with zero attached hydrogens (tertiary/aromatic N) is 2. The first-order valence-corrected chi connectivity index (χ1v) is 8.82. The number of urea groups is 1. The predicted molar refractivity (Wildman–Crippen MR) is 97.4 cm³/mol. The van der Waals surface area contributed by atoms with Crippen LogP contribution in [0.3, 0.4) is 0 Å². The SMILES string of the molecule is C[C@@H]1CN(C)CC[C@@H]1N(C)C(=O)N[C@@H](C)[C@H](C)Oc1ccccc1. The van der Waals surface area contributed by atoms with Crippen molar-refractivity contribution in [1.29, 1.82) is 0 Å². The molecular weight excluding hydrogens is 302 g/mol. The van der Waals surface area contributed by atoms with Crippen LogP contribution in [-0.2, 0) is 0 Å². The zero-order valence-corrected chi connectivity index (χ0v) is 15.5. The van der Waals surface area contributed by atoms with Crippen molar-refractivity contribution in [2.45, 2.75) is 45.4 Å². The molecule has 0 saturated carbocycles. The Morgan fingerprint density at radius 3 is 2.62 bits per heavy atom. The van der Waals surface area contributed by atoms with Crippen LogP contribution in [0.25, 0.3) is 0 Å². The van der Waals surface area contributed by atoms with Gasteiger partial charge in [0.25, 0.3) is 0 Å². The monoisotopic (exact) mass is 333 g/mol. The number of carbonyl (C=O) groups excluding carboxylic acids is 1. The highest BCUT2D eigenvalue weighted by Crippen LogP contribution is 2.20. The molecule has 4 atom stereocenters. The van der Waals surface area contributed by atoms with Gasteiger partial charge in [0, 0.05) is 19.6 Å². The zero-order valence-electron chi connectivity index (χ0n) is 15.5. The van der Waals surface area contributed by atoms with E-state index in [0.717, 1.165) is 25.3 Å². The van der Waals surface area contributed by atoms with E-state index in [1.54, 1.807) is 0 Å². The lowest BCUT2D eigenvalue weighted by atomic mass is 9.93. The summed E-state index contributed by atoms with van der Waals surface area (Å²) in [7, 11) is 4.04. The second-order valence-corrected chi connectivity index (χ2v) is 7.08. The largest absolute Gasteiger partial charge is 0.489 e. The van der Waals surface area contributed by atoms with Gasteiger partial charge in [-0.2, -0.15) is 0 Å². The minimum atomic E-state index is -0.0975. The first-order valence-electron chi connectivity index (χ1n) is 8.82. The van der Waals surface area contributed by atoms with Gasteiger partial charge in [-0.1, -0.05) is 25.1 Å². The summed E-state index contributed by atoms with van der Waals surface area (Å²) in [6.07, 6.45) is 0.922. The van der Waals surface area contributed by atoms with Crippen molar-refractivity contribution < 1.29 is 9.53 Å². The van der Waals surface area contributed by atoms with E-state index in [-0.39, 0.29) is 18.2 Å². The highest BCUT2D eigenvalue weighted by atomic mass is 16.5. The molecule has 5 nitrogen and oxygen atoms in total. The van der Waals surface area contributed by atoms with Gasteiger partial charge < -0.3 is 19.9 Å². The maximum atomic E-state index is 12.6. The summed E-state index contributed by atoms with van der Waals surface area (Å²) < 4.78 is 5.90. The molecule has 5 heteroatoms. The number of carbonyl (C=O) groups is 1. The number of ether oxygens (including phenoxy) is 1. The molecule has 0 aliphatic carbocycles. The van der Waals surface area contributed by atoms with Gasteiger partial charge in [-0.3, -0.25) is 0 Å². The maximum absolute atomic E-state index is 12.6. The quantitative estimate of drug-likeness (QED) is 0.901. The Morgan fingerprint density at radius 2 is 2.00 bits per heavy atom. The van der Waals surface area contributed by atoms with E-state index in [2.05, 4.69) is 24.2 Å². The minimum Gasteiger partial charge on any atom is -0.489 e. The molecule has 0 radical (unpaired) electrons. The van der Waals surface area contributed by atoms with Gasteiger partial charge in [0.1, 0.15) is 11.9 Å². The molecule has 1 saturated heterocycles. The summed E-state index contributed by atoms with van der Waals surface area (Å²) in [6.45, 7) is 8.25. The molecule has 2 amide bonds. The molecule has 1 aliphatic heterocycles. The second kappa shape index (κ2) is 8.38. The van der Waals surface area contributed by atoms with Gasteiger partial charge in [0.15, 0.2) is 0 Å². The van der Waals surface area contributed by atoms with Crippen molar-refractivity contribution >= 4 is 6.03 Å². The average molecular weight is 333 g/mol. The normalized spacial score (nSPS) is 24.0. The third-order valence-corrected chi connectivity index (χ3v) is 5.00. The fourth-order valence-electron chi connectivity index (χ4n) is 3.30. The van der Waals surface area contributed by atoms with Gasteiger partial charge in [-0.05, 0) is 51.9 Å². The molecule has 0 bridgehead atoms. The smallest absolute Gasteiger partial charge is 0.317 e. The first-order chi connectivity index (χ1) is 11.4. The summed E-state index contributed by atoms with van der Waals surface area (Å²) in [6, 6.07) is 9.91. The molecule has 1 fully saturated rings. The van der Waals surface area contributed by atoms with Crippen molar-refractivity contribution in [2.24, 2.45) is 5.92 Å². The van der Waals surface area contributed by atoms with E-state index < -0.39 is 0 Å². The van der Waals surface area contributed by atoms with E-state index >= 15 is 0 Å². The third kappa shape index (κ3) is 4.87. The van der Waals surface area contributed by atoms with Crippen molar-refractivity contribution in [2.75, 3.05) is 27.2 Å². The van der Waals surface area contributed by atoms with E-state index in [0.29, 0.717) is 12.0 Å². The van der Waals surface area contributed by atoms with E-state index in [9.17, 15) is 4.79 Å². The number of hydrogen-bond donors (Lipinski definition) is 1. The van der Waals surface area contributed by atoms with Crippen LogP contribution in [-0.4, -0.2) is 61.2 Å². The molecule has 1 N–H and O–H groups in total. The molecule has 0 spiro atoms. The molecular formula is C19H31N3O2. The summed E-state index contributed by atoms with van der Waals surface area (Å²) >= 11 is 0. The van der Waals surface area contributed by atoms with Crippen LogP contribution in [0, 0.1) is 5.92 Å². The van der Waals surface area contributed by atoms with E-state index in [4.69, 9.17) is 4.74 Å². The molecule has 1 aromatic carbocycles. The molecule has 1 heterocycles. The number of nitrogens with one attached hydrogen (secondary N) is 1. The maximum Gasteiger partial charge on any atom is 0.317 e. The molecule has 134 valence electrons. The lowest BCUT2D eigenvalue weighted by Crippen LogP contribution is -2.55. The summed E-state index contributed by atoms with van der Waals surface area (Å²) in [5, 5.41) is 3.08. The number of amides is 2. The summed E-state index contributed by atoms with van der Waals surface area (Å²) in [5.74, 6) is 1.30. The van der Waals surface area contributed by atoms with Crippen LogP contribution < -0.4 is 10.1 Å². The molecule has 24 heavy (non-hydrogen) atoms. The van der Waals surface area contributed by atoms with E-state index in [1.807, 2.05) is 56.1 Å².